The highest BCUT2D eigenvalue weighted by molar-refractivity contribution is 7.98. The Hall–Kier alpha value is -2.19. The molecule has 5 rings (SSSR count). The number of nitrogens with one attached hydrogen (secondary N) is 1. The SMILES string of the molecule is O=C(CCSCc1nc2sc3c(c2c(=O)[nH]1)CCCC3)N(Cc1ccccc1F)C1CC1. The number of aromatic amines is 1. The molecule has 168 valence electrons. The lowest BCUT2D eigenvalue weighted by Gasteiger charge is -2.23. The summed E-state index contributed by atoms with van der Waals surface area (Å²) >= 11 is 3.25. The topological polar surface area (TPSA) is 66.1 Å². The molecule has 0 atom stereocenters. The number of thiophene rings is 1. The van der Waals surface area contributed by atoms with Gasteiger partial charge in [-0.1, -0.05) is 18.2 Å². The maximum absolute atomic E-state index is 14.0. The molecular formula is C24H26FN3O2S2. The highest BCUT2D eigenvalue weighted by Gasteiger charge is 2.32. The summed E-state index contributed by atoms with van der Waals surface area (Å²) in [7, 11) is 0. The van der Waals surface area contributed by atoms with Crippen molar-refractivity contribution >= 4 is 39.2 Å². The molecule has 0 unspecified atom stereocenters. The summed E-state index contributed by atoms with van der Waals surface area (Å²) < 4.78 is 14.0. The number of aryl methyl sites for hydroxylation is 2. The Morgan fingerprint density at radius 3 is 2.88 bits per heavy atom. The van der Waals surface area contributed by atoms with Gasteiger partial charge in [0, 0.05) is 35.2 Å². The molecule has 3 aromatic rings. The Bertz CT molecular complexity index is 1200. The van der Waals surface area contributed by atoms with Crippen LogP contribution >= 0.6 is 23.1 Å². The van der Waals surface area contributed by atoms with Crippen LogP contribution in [0.4, 0.5) is 4.39 Å². The third kappa shape index (κ3) is 4.62. The van der Waals surface area contributed by atoms with Crippen molar-refractivity contribution in [2.24, 2.45) is 0 Å². The third-order valence-electron chi connectivity index (χ3n) is 6.18. The number of carbonyl (C=O) groups excluding carboxylic acids is 1. The number of hydrogen-bond donors (Lipinski definition) is 1. The number of aromatic nitrogens is 2. The summed E-state index contributed by atoms with van der Waals surface area (Å²) in [5.41, 5.74) is 1.73. The Labute approximate surface area is 194 Å². The first-order valence-electron chi connectivity index (χ1n) is 11.2. The lowest BCUT2D eigenvalue weighted by atomic mass is 9.97. The normalized spacial score (nSPS) is 15.7. The van der Waals surface area contributed by atoms with E-state index in [1.807, 2.05) is 4.90 Å². The fourth-order valence-corrected chi connectivity index (χ4v) is 6.44. The second-order valence-corrected chi connectivity index (χ2v) is 10.7. The average molecular weight is 472 g/mol. The van der Waals surface area contributed by atoms with E-state index in [4.69, 9.17) is 4.98 Å². The van der Waals surface area contributed by atoms with E-state index in [0.717, 1.165) is 42.3 Å². The quantitative estimate of drug-likeness (QED) is 0.479. The van der Waals surface area contributed by atoms with Gasteiger partial charge in [0.05, 0.1) is 11.1 Å². The number of benzene rings is 1. The van der Waals surface area contributed by atoms with Gasteiger partial charge in [-0.2, -0.15) is 11.8 Å². The second-order valence-electron chi connectivity index (χ2n) is 8.55. The van der Waals surface area contributed by atoms with E-state index in [1.165, 1.54) is 22.9 Å². The average Bonchev–Trinajstić information content (AvgIpc) is 3.55. The molecule has 0 radical (unpaired) electrons. The molecule has 0 saturated heterocycles. The first-order chi connectivity index (χ1) is 15.6. The summed E-state index contributed by atoms with van der Waals surface area (Å²) in [6.07, 6.45) is 6.72. The van der Waals surface area contributed by atoms with Crippen LogP contribution in [0.15, 0.2) is 29.1 Å². The Morgan fingerprint density at radius 2 is 2.06 bits per heavy atom. The van der Waals surface area contributed by atoms with Crippen molar-refractivity contribution in [3.05, 3.63) is 62.3 Å². The van der Waals surface area contributed by atoms with Crippen LogP contribution in [-0.2, 0) is 29.9 Å². The van der Waals surface area contributed by atoms with Crippen molar-refractivity contribution in [3.63, 3.8) is 0 Å². The van der Waals surface area contributed by atoms with Crippen molar-refractivity contribution in [3.8, 4) is 0 Å². The van der Waals surface area contributed by atoms with E-state index in [-0.39, 0.29) is 23.3 Å². The molecule has 2 heterocycles. The predicted molar refractivity (Wildman–Crippen MR) is 128 cm³/mol. The molecule has 1 fully saturated rings. The summed E-state index contributed by atoms with van der Waals surface area (Å²) in [6.45, 7) is 0.329. The van der Waals surface area contributed by atoms with Gasteiger partial charge in [0.2, 0.25) is 5.91 Å². The molecule has 8 heteroatoms. The molecule has 2 aliphatic carbocycles. The van der Waals surface area contributed by atoms with Gasteiger partial charge in [-0.25, -0.2) is 9.37 Å². The van der Waals surface area contributed by atoms with Gasteiger partial charge < -0.3 is 9.88 Å². The number of rotatable bonds is 8. The summed E-state index contributed by atoms with van der Waals surface area (Å²) in [4.78, 5) is 37.1. The standard InChI is InChI=1S/C24H26FN3O2S2/c25-18-7-3-1-5-15(18)13-28(16-9-10-16)21(29)11-12-31-14-20-26-23(30)22-17-6-2-4-8-19(17)32-24(22)27-20/h1,3,5,7,16H,2,4,6,8-14H2,(H,26,27,30). The van der Waals surface area contributed by atoms with E-state index in [2.05, 4.69) is 4.98 Å². The van der Waals surface area contributed by atoms with Crippen LogP contribution in [0.3, 0.4) is 0 Å². The monoisotopic (exact) mass is 471 g/mol. The minimum atomic E-state index is -0.263. The van der Waals surface area contributed by atoms with Crippen LogP contribution in [0.2, 0.25) is 0 Å². The van der Waals surface area contributed by atoms with E-state index < -0.39 is 0 Å². The van der Waals surface area contributed by atoms with Gasteiger partial charge in [-0.15, -0.1) is 11.3 Å². The van der Waals surface area contributed by atoms with Gasteiger partial charge in [-0.3, -0.25) is 9.59 Å². The van der Waals surface area contributed by atoms with Gasteiger partial charge >= 0.3 is 0 Å². The first kappa shape index (κ1) is 21.6. The van der Waals surface area contributed by atoms with E-state index >= 15 is 0 Å². The third-order valence-corrected chi connectivity index (χ3v) is 8.34. The summed E-state index contributed by atoms with van der Waals surface area (Å²) in [6, 6.07) is 6.89. The number of hydrogen-bond acceptors (Lipinski definition) is 5. The molecule has 32 heavy (non-hydrogen) atoms. The number of H-pyrrole nitrogens is 1. The summed E-state index contributed by atoms with van der Waals surface area (Å²) in [5.74, 6) is 1.68. The van der Waals surface area contributed by atoms with Crippen LogP contribution < -0.4 is 5.56 Å². The van der Waals surface area contributed by atoms with Crippen molar-refractivity contribution in [1.82, 2.24) is 14.9 Å². The minimum Gasteiger partial charge on any atom is -0.335 e. The van der Waals surface area contributed by atoms with Gasteiger partial charge in [0.25, 0.3) is 5.56 Å². The maximum Gasteiger partial charge on any atom is 0.259 e. The molecule has 0 spiro atoms. The van der Waals surface area contributed by atoms with Crippen molar-refractivity contribution in [2.45, 2.75) is 63.3 Å². The number of nitrogens with zero attached hydrogens (tertiary/aromatic N) is 2. The fourth-order valence-electron chi connectivity index (χ4n) is 4.37. The molecule has 0 bridgehead atoms. The molecule has 1 aromatic carbocycles. The molecular weight excluding hydrogens is 445 g/mol. The van der Waals surface area contributed by atoms with E-state index in [1.54, 1.807) is 41.3 Å². The van der Waals surface area contributed by atoms with Crippen molar-refractivity contribution < 1.29 is 9.18 Å². The Kier molecular flexibility index (Phi) is 6.33. The minimum absolute atomic E-state index is 0.0362. The molecule has 5 nitrogen and oxygen atoms in total. The van der Waals surface area contributed by atoms with Crippen LogP contribution in [0.5, 0.6) is 0 Å². The summed E-state index contributed by atoms with van der Waals surface area (Å²) in [5, 5.41) is 0.779. The van der Waals surface area contributed by atoms with Crippen molar-refractivity contribution in [1.29, 1.82) is 0 Å². The molecule has 1 saturated carbocycles. The largest absolute Gasteiger partial charge is 0.335 e. The van der Waals surface area contributed by atoms with Gasteiger partial charge in [0.15, 0.2) is 0 Å². The molecule has 0 aliphatic heterocycles. The van der Waals surface area contributed by atoms with E-state index in [9.17, 15) is 14.0 Å². The smallest absolute Gasteiger partial charge is 0.259 e. The maximum atomic E-state index is 14.0. The molecule has 1 N–H and O–H groups in total. The molecule has 2 aliphatic rings. The van der Waals surface area contributed by atoms with E-state index in [0.29, 0.717) is 35.9 Å². The van der Waals surface area contributed by atoms with Crippen LogP contribution in [0, 0.1) is 5.82 Å². The van der Waals surface area contributed by atoms with Crippen LogP contribution in [-0.4, -0.2) is 32.6 Å². The number of amides is 1. The van der Waals surface area contributed by atoms with Crippen LogP contribution in [0.1, 0.15) is 53.9 Å². The Balaban J connectivity index is 1.18. The number of halogens is 1. The zero-order valence-electron chi connectivity index (χ0n) is 17.9. The zero-order valence-corrected chi connectivity index (χ0v) is 19.5. The highest BCUT2D eigenvalue weighted by atomic mass is 32.2. The zero-order chi connectivity index (χ0) is 22.1. The van der Waals surface area contributed by atoms with Gasteiger partial charge in [-0.05, 0) is 50.2 Å². The fraction of sp³-hybridized carbons (Fsp3) is 0.458. The molecule has 1 amide bonds. The van der Waals surface area contributed by atoms with Crippen LogP contribution in [0.25, 0.3) is 10.2 Å². The number of thioether (sulfide) groups is 1. The second kappa shape index (κ2) is 9.35. The highest BCUT2D eigenvalue weighted by Crippen LogP contribution is 2.34. The number of carbonyl (C=O) groups is 1. The number of fused-ring (bicyclic) bond motifs is 3. The lowest BCUT2D eigenvalue weighted by Crippen LogP contribution is -2.33. The predicted octanol–water partition coefficient (Wildman–Crippen LogP) is 4.82. The lowest BCUT2D eigenvalue weighted by molar-refractivity contribution is -0.132. The first-order valence-corrected chi connectivity index (χ1v) is 13.2. The Morgan fingerprint density at radius 1 is 1.25 bits per heavy atom. The van der Waals surface area contributed by atoms with Gasteiger partial charge in [0.1, 0.15) is 16.5 Å². The molecule has 2 aromatic heterocycles. The van der Waals surface area contributed by atoms with Crippen molar-refractivity contribution in [2.75, 3.05) is 5.75 Å².